The van der Waals surface area contributed by atoms with Crippen molar-refractivity contribution < 1.29 is 36.0 Å². The molecule has 0 aliphatic carbocycles. The van der Waals surface area contributed by atoms with E-state index < -0.39 is 5.97 Å². The third-order valence-corrected chi connectivity index (χ3v) is 4.41. The van der Waals surface area contributed by atoms with Gasteiger partial charge in [-0.2, -0.15) is 0 Å². The molecule has 3 heteroatoms. The van der Waals surface area contributed by atoms with E-state index in [2.05, 4.69) is 37.3 Å². The van der Waals surface area contributed by atoms with E-state index >= 15 is 0 Å². The predicted molar refractivity (Wildman–Crippen MR) is 64.4 cm³/mol. The molecule has 0 saturated carbocycles. The van der Waals surface area contributed by atoms with Gasteiger partial charge in [0.2, 0.25) is 0 Å². The number of benzene rings is 1. The number of aliphatic carboxylic acids is 1. The van der Waals surface area contributed by atoms with Crippen molar-refractivity contribution in [1.29, 1.82) is 0 Å². The second-order valence-corrected chi connectivity index (χ2v) is 7.23. The number of hydrogen-bond acceptors (Lipinski definition) is 2. The summed E-state index contributed by atoms with van der Waals surface area (Å²) in [6.07, 6.45) is 3.52. The fourth-order valence-corrected chi connectivity index (χ4v) is 2.48. The molecular weight excluding hydrogens is 401 g/mol. The summed E-state index contributed by atoms with van der Waals surface area (Å²) in [5, 5.41) is 10.3. The van der Waals surface area contributed by atoms with E-state index in [1.165, 1.54) is 3.07 Å². The molecule has 0 aliphatic heterocycles. The van der Waals surface area contributed by atoms with Gasteiger partial charge in [-0.1, -0.05) is 26.7 Å². The molecule has 1 rings (SSSR count). The summed E-state index contributed by atoms with van der Waals surface area (Å²) in [6, 6.07) is 10.6. The van der Waals surface area contributed by atoms with Crippen LogP contribution in [0.4, 0.5) is 0 Å². The predicted octanol–water partition coefficient (Wildman–Crippen LogP) is 1.81. The number of carbonyl (C=O) groups is 1. The Morgan fingerprint density at radius 3 is 2.18 bits per heavy atom. The average Bonchev–Trinajstić information content (AvgIpc) is 2.31. The number of unbranched alkanes of at least 4 members (excludes halogenated alkanes) is 1. The molecule has 0 aromatic heterocycles. The second kappa shape index (κ2) is 10.8. The normalized spacial score (nSPS) is 11.3. The van der Waals surface area contributed by atoms with Crippen LogP contribution in [-0.4, -0.2) is 5.97 Å². The Hall–Kier alpha value is -0.375. The summed E-state index contributed by atoms with van der Waals surface area (Å²) in [7, 11) is 0. The molecule has 0 fully saturated rings. The van der Waals surface area contributed by atoms with Gasteiger partial charge in [0.05, 0.1) is 0 Å². The zero-order chi connectivity index (χ0) is 13.1. The van der Waals surface area contributed by atoms with Crippen LogP contribution in [-0.2, 0) is 30.9 Å². The van der Waals surface area contributed by atoms with Crippen LogP contribution < -0.4 is 8.18 Å². The molecular formula is C14H20HgO2. The van der Waals surface area contributed by atoms with Crippen LogP contribution in [0.5, 0.6) is 0 Å². The fraction of sp³-hybridized carbons (Fsp3) is 0.500. The van der Waals surface area contributed by atoms with Crippen LogP contribution >= 0.6 is 0 Å². The summed E-state index contributed by atoms with van der Waals surface area (Å²) < 4.78 is 1.52. The van der Waals surface area contributed by atoms with E-state index in [0.717, 1.165) is 45.4 Å². The van der Waals surface area contributed by atoms with Gasteiger partial charge >= 0.3 is 59.5 Å². The quantitative estimate of drug-likeness (QED) is 0.682. The van der Waals surface area contributed by atoms with Crippen molar-refractivity contribution >= 4 is 9.04 Å². The molecule has 17 heavy (non-hydrogen) atoms. The minimum absolute atomic E-state index is 0.222. The van der Waals surface area contributed by atoms with Crippen molar-refractivity contribution in [2.45, 2.75) is 39.5 Å². The van der Waals surface area contributed by atoms with Crippen molar-refractivity contribution in [3.8, 4) is 0 Å². The summed E-state index contributed by atoms with van der Waals surface area (Å²) in [4.78, 5) is 10.3. The van der Waals surface area contributed by atoms with E-state index in [4.69, 9.17) is 0 Å². The number of carbonyl (C=O) groups excluding carboxylic acids is 1. The van der Waals surface area contributed by atoms with Gasteiger partial charge in [-0.05, 0) is 18.8 Å². The van der Waals surface area contributed by atoms with Gasteiger partial charge in [-0.25, -0.2) is 0 Å². The van der Waals surface area contributed by atoms with Crippen LogP contribution in [0.15, 0.2) is 30.3 Å². The Bertz CT molecular complexity index is 298. The Kier molecular flexibility index (Phi) is 10.5. The number of rotatable bonds is 5. The summed E-state index contributed by atoms with van der Waals surface area (Å²) >= 11 is 0.810. The van der Waals surface area contributed by atoms with Crippen LogP contribution in [0, 0.1) is 5.92 Å². The molecule has 0 saturated heterocycles. The maximum absolute atomic E-state index is 10.3. The Morgan fingerprint density at radius 2 is 1.88 bits per heavy atom. The van der Waals surface area contributed by atoms with E-state index in [0.29, 0.717) is 6.42 Å². The van der Waals surface area contributed by atoms with Crippen LogP contribution in [0.3, 0.4) is 0 Å². The Morgan fingerprint density at radius 1 is 1.29 bits per heavy atom. The number of carboxylic acid groups (broad SMARTS) is 1. The summed E-state index contributed by atoms with van der Waals surface area (Å²) in [5.74, 6) is -1.11. The van der Waals surface area contributed by atoms with E-state index in [-0.39, 0.29) is 5.92 Å². The number of carboxylic acids is 1. The van der Waals surface area contributed by atoms with Crippen LogP contribution in [0.25, 0.3) is 0 Å². The van der Waals surface area contributed by atoms with Gasteiger partial charge in [0.1, 0.15) is 0 Å². The van der Waals surface area contributed by atoms with Crippen molar-refractivity contribution in [3.05, 3.63) is 30.3 Å². The first-order valence-corrected chi connectivity index (χ1v) is 8.94. The number of hydrogen-bond donors (Lipinski definition) is 0. The van der Waals surface area contributed by atoms with Crippen LogP contribution in [0.2, 0.25) is 0 Å². The molecule has 0 amide bonds. The monoisotopic (exact) mass is 422 g/mol. The van der Waals surface area contributed by atoms with Crippen LogP contribution in [0.1, 0.15) is 39.5 Å². The molecule has 0 heterocycles. The Balaban J connectivity index is 0.000000318. The first-order valence-electron chi connectivity index (χ1n) is 6.19. The Labute approximate surface area is 120 Å². The average molecular weight is 421 g/mol. The van der Waals surface area contributed by atoms with Gasteiger partial charge in [0.15, 0.2) is 0 Å². The van der Waals surface area contributed by atoms with Gasteiger partial charge in [-0.3, -0.25) is 0 Å². The third-order valence-electron chi connectivity index (χ3n) is 2.58. The molecule has 0 bridgehead atoms. The maximum atomic E-state index is 10.3. The molecule has 0 radical (unpaired) electrons. The minimum atomic E-state index is -0.893. The topological polar surface area (TPSA) is 40.1 Å². The first-order chi connectivity index (χ1) is 8.11. The van der Waals surface area contributed by atoms with E-state index in [1.54, 1.807) is 0 Å². The molecule has 1 unspecified atom stereocenters. The molecule has 0 N–H and O–H groups in total. The fourth-order valence-electron chi connectivity index (χ4n) is 1.42. The summed E-state index contributed by atoms with van der Waals surface area (Å²) in [6.45, 7) is 3.94. The van der Waals surface area contributed by atoms with E-state index in [1.807, 2.05) is 6.92 Å². The SMILES string of the molecule is CCCCC(CC)C(=O)[O-].[Hg+][c]1ccccc1. The van der Waals surface area contributed by atoms with Crippen molar-refractivity contribution in [3.63, 3.8) is 0 Å². The zero-order valence-corrected chi connectivity index (χ0v) is 16.3. The van der Waals surface area contributed by atoms with Gasteiger partial charge in [-0.15, -0.1) is 0 Å². The molecule has 1 aromatic carbocycles. The second-order valence-electron chi connectivity index (χ2n) is 4.05. The van der Waals surface area contributed by atoms with E-state index in [9.17, 15) is 9.90 Å². The van der Waals surface area contributed by atoms with Gasteiger partial charge < -0.3 is 9.90 Å². The van der Waals surface area contributed by atoms with Crippen molar-refractivity contribution in [1.82, 2.24) is 0 Å². The van der Waals surface area contributed by atoms with Crippen molar-refractivity contribution in [2.75, 3.05) is 0 Å². The third kappa shape index (κ3) is 9.34. The molecule has 0 aliphatic rings. The molecule has 1 atom stereocenters. The standard InChI is InChI=1S/C8H16O2.C6H5.Hg/c1-3-5-6-7(4-2)8(9)10;1-2-4-6-5-3-1;/h7H,3-6H2,1-2H3,(H,9,10);1-5H;/q;;+1/p-1. The van der Waals surface area contributed by atoms with Crippen molar-refractivity contribution in [2.24, 2.45) is 5.92 Å². The molecule has 0 spiro atoms. The molecule has 1 aromatic rings. The van der Waals surface area contributed by atoms with Gasteiger partial charge in [0, 0.05) is 5.97 Å². The first kappa shape index (κ1) is 16.6. The molecule has 2 nitrogen and oxygen atoms in total. The molecule has 90 valence electrons. The van der Waals surface area contributed by atoms with Gasteiger partial charge in [0.25, 0.3) is 0 Å². The summed E-state index contributed by atoms with van der Waals surface area (Å²) in [5.41, 5.74) is 0. The zero-order valence-electron chi connectivity index (χ0n) is 10.8.